The van der Waals surface area contributed by atoms with Gasteiger partial charge in [-0.1, -0.05) is 17.7 Å². The number of thiophene rings is 1. The molecule has 0 bridgehead atoms. The van der Waals surface area contributed by atoms with Gasteiger partial charge in [-0.15, -0.1) is 11.3 Å². The minimum Gasteiger partial charge on any atom is -0.376 e. The number of aryl methyl sites for hydroxylation is 1. The first kappa shape index (κ1) is 19.7. The van der Waals surface area contributed by atoms with E-state index in [2.05, 4.69) is 5.32 Å². The van der Waals surface area contributed by atoms with Gasteiger partial charge in [0, 0.05) is 16.9 Å². The predicted octanol–water partition coefficient (Wildman–Crippen LogP) is 3.36. The van der Waals surface area contributed by atoms with Gasteiger partial charge in [0.2, 0.25) is 0 Å². The first-order chi connectivity index (χ1) is 12.7. The molecule has 2 aromatic rings. The topological polar surface area (TPSA) is 72.5 Å². The third-order valence-corrected chi connectivity index (χ3v) is 5.59. The molecule has 0 aliphatic carbocycles. The van der Waals surface area contributed by atoms with E-state index >= 15 is 0 Å². The van der Waals surface area contributed by atoms with Crippen LogP contribution in [0.3, 0.4) is 0 Å². The Hall–Kier alpha value is -2.09. The first-order valence-corrected chi connectivity index (χ1v) is 9.40. The molecule has 1 fully saturated rings. The van der Waals surface area contributed by atoms with Crippen molar-refractivity contribution in [3.05, 3.63) is 56.0 Å². The maximum atomic E-state index is 13.2. The summed E-state index contributed by atoms with van der Waals surface area (Å²) in [4.78, 5) is 37.9. The maximum absolute atomic E-state index is 13.2. The van der Waals surface area contributed by atoms with Crippen LogP contribution in [-0.4, -0.2) is 36.2 Å². The monoisotopic (exact) mass is 409 g/mol. The summed E-state index contributed by atoms with van der Waals surface area (Å²) < 4.78 is 18.3. The van der Waals surface area contributed by atoms with E-state index < -0.39 is 23.0 Å². The number of amides is 1. The third-order valence-electron chi connectivity index (χ3n) is 4.25. The van der Waals surface area contributed by atoms with Gasteiger partial charge in [-0.25, -0.2) is 4.39 Å². The standard InChI is InChI=1S/C19H17ClFNO4S/c1-10-12(15(23)6-11-3-4-14(21)13(20)5-11)7-16(27-10)17(24)18(25)22-19(2)8-26-9-19/h3-5,7H,6,8-9H2,1-2H3,(H,22,25). The fraction of sp³-hybridized carbons (Fsp3) is 0.316. The Balaban J connectivity index is 1.73. The largest absolute Gasteiger partial charge is 0.376 e. The summed E-state index contributed by atoms with van der Waals surface area (Å²) in [7, 11) is 0. The number of halogens is 2. The SMILES string of the molecule is Cc1sc(C(=O)C(=O)NC2(C)COC2)cc1C(=O)Cc1ccc(F)c(Cl)c1. The number of benzene rings is 1. The molecule has 0 radical (unpaired) electrons. The molecule has 1 aliphatic heterocycles. The molecular formula is C19H17ClFNO4S. The summed E-state index contributed by atoms with van der Waals surface area (Å²) in [5.41, 5.74) is 0.412. The zero-order valence-electron chi connectivity index (χ0n) is 14.7. The lowest BCUT2D eigenvalue weighted by Gasteiger charge is -2.38. The van der Waals surface area contributed by atoms with Gasteiger partial charge in [-0.2, -0.15) is 0 Å². The van der Waals surface area contributed by atoms with Gasteiger partial charge in [-0.3, -0.25) is 14.4 Å². The number of rotatable bonds is 6. The minimum absolute atomic E-state index is 0.0206. The average molecular weight is 410 g/mol. The molecule has 2 heterocycles. The highest BCUT2D eigenvalue weighted by molar-refractivity contribution is 7.15. The lowest BCUT2D eigenvalue weighted by atomic mass is 10.00. The minimum atomic E-state index is -0.716. The average Bonchev–Trinajstić information content (AvgIpc) is 2.98. The molecule has 142 valence electrons. The van der Waals surface area contributed by atoms with E-state index in [0.29, 0.717) is 29.2 Å². The van der Waals surface area contributed by atoms with Crippen molar-refractivity contribution < 1.29 is 23.5 Å². The van der Waals surface area contributed by atoms with E-state index in [0.717, 1.165) is 11.3 Å². The molecule has 0 saturated carbocycles. The Morgan fingerprint density at radius 3 is 2.59 bits per heavy atom. The van der Waals surface area contributed by atoms with Gasteiger partial charge in [0.25, 0.3) is 11.7 Å². The van der Waals surface area contributed by atoms with Gasteiger partial charge in [-0.05, 0) is 37.6 Å². The van der Waals surface area contributed by atoms with Crippen molar-refractivity contribution in [1.82, 2.24) is 5.32 Å². The Morgan fingerprint density at radius 2 is 2.00 bits per heavy atom. The highest BCUT2D eigenvalue weighted by Gasteiger charge is 2.37. The summed E-state index contributed by atoms with van der Waals surface area (Å²) >= 11 is 6.84. The van der Waals surface area contributed by atoms with Crippen molar-refractivity contribution in [2.75, 3.05) is 13.2 Å². The molecule has 0 spiro atoms. The summed E-state index contributed by atoms with van der Waals surface area (Å²) in [6.07, 6.45) is 0.0206. The second-order valence-electron chi connectivity index (χ2n) is 6.77. The second-order valence-corrected chi connectivity index (χ2v) is 8.43. The van der Waals surface area contributed by atoms with Crippen LogP contribution in [0.4, 0.5) is 4.39 Å². The van der Waals surface area contributed by atoms with E-state index in [1.54, 1.807) is 13.8 Å². The van der Waals surface area contributed by atoms with Gasteiger partial charge in [0.15, 0.2) is 5.78 Å². The molecule has 1 N–H and O–H groups in total. The van der Waals surface area contributed by atoms with E-state index in [9.17, 15) is 18.8 Å². The zero-order valence-corrected chi connectivity index (χ0v) is 16.3. The van der Waals surface area contributed by atoms with Crippen LogP contribution in [0.25, 0.3) is 0 Å². The van der Waals surface area contributed by atoms with Gasteiger partial charge in [0.1, 0.15) is 5.82 Å². The highest BCUT2D eigenvalue weighted by Crippen LogP contribution is 2.25. The third kappa shape index (κ3) is 4.26. The number of nitrogens with one attached hydrogen (secondary N) is 1. The van der Waals surface area contributed by atoms with Crippen molar-refractivity contribution in [3.63, 3.8) is 0 Å². The Labute approximate surface area is 164 Å². The van der Waals surface area contributed by atoms with Gasteiger partial charge >= 0.3 is 0 Å². The lowest BCUT2D eigenvalue weighted by molar-refractivity contribution is -0.126. The molecule has 0 atom stereocenters. The molecule has 1 saturated heterocycles. The maximum Gasteiger partial charge on any atom is 0.293 e. The number of hydrogen-bond acceptors (Lipinski definition) is 5. The van der Waals surface area contributed by atoms with Crippen LogP contribution >= 0.6 is 22.9 Å². The van der Waals surface area contributed by atoms with Crippen molar-refractivity contribution in [3.8, 4) is 0 Å². The van der Waals surface area contributed by atoms with Gasteiger partial charge in [0.05, 0.1) is 28.7 Å². The zero-order chi connectivity index (χ0) is 19.8. The van der Waals surface area contributed by atoms with Crippen LogP contribution in [-0.2, 0) is 16.0 Å². The summed E-state index contributed by atoms with van der Waals surface area (Å²) in [5, 5.41) is 2.61. The molecule has 27 heavy (non-hydrogen) atoms. The normalized spacial score (nSPS) is 15.1. The molecular weight excluding hydrogens is 393 g/mol. The van der Waals surface area contributed by atoms with Crippen molar-refractivity contribution in [2.24, 2.45) is 0 Å². The molecule has 8 heteroatoms. The first-order valence-electron chi connectivity index (χ1n) is 8.21. The number of hydrogen-bond donors (Lipinski definition) is 1. The number of carbonyl (C=O) groups excluding carboxylic acids is 3. The van der Waals surface area contributed by atoms with E-state index in [4.69, 9.17) is 16.3 Å². The molecule has 1 aromatic heterocycles. The number of carbonyl (C=O) groups is 3. The summed E-state index contributed by atoms with van der Waals surface area (Å²) in [6.45, 7) is 4.23. The van der Waals surface area contributed by atoms with E-state index in [-0.39, 0.29) is 22.1 Å². The van der Waals surface area contributed by atoms with Crippen LogP contribution in [0.5, 0.6) is 0 Å². The predicted molar refractivity (Wildman–Crippen MR) is 100 cm³/mol. The van der Waals surface area contributed by atoms with Crippen LogP contribution in [0.15, 0.2) is 24.3 Å². The number of ketones is 2. The van der Waals surface area contributed by atoms with E-state index in [1.807, 2.05) is 0 Å². The molecule has 1 aromatic carbocycles. The van der Waals surface area contributed by atoms with Crippen LogP contribution in [0, 0.1) is 12.7 Å². The summed E-state index contributed by atoms with van der Waals surface area (Å²) in [5.74, 6) is -2.18. The number of ether oxygens (including phenoxy) is 1. The molecule has 1 amide bonds. The summed E-state index contributed by atoms with van der Waals surface area (Å²) in [6, 6.07) is 5.53. The Morgan fingerprint density at radius 1 is 1.30 bits per heavy atom. The van der Waals surface area contributed by atoms with Crippen molar-refractivity contribution in [2.45, 2.75) is 25.8 Å². The highest BCUT2D eigenvalue weighted by atomic mass is 35.5. The number of Topliss-reactive ketones (excluding diaryl/α,β-unsaturated/α-hetero) is 2. The Bertz CT molecular complexity index is 936. The van der Waals surface area contributed by atoms with E-state index in [1.165, 1.54) is 24.3 Å². The van der Waals surface area contributed by atoms with Crippen molar-refractivity contribution >= 4 is 40.4 Å². The fourth-order valence-corrected chi connectivity index (χ4v) is 3.90. The molecule has 5 nitrogen and oxygen atoms in total. The van der Waals surface area contributed by atoms with Crippen LogP contribution in [0.1, 0.15) is 37.4 Å². The molecule has 1 aliphatic rings. The van der Waals surface area contributed by atoms with Crippen molar-refractivity contribution in [1.29, 1.82) is 0 Å². The van der Waals surface area contributed by atoms with Crippen LogP contribution in [0.2, 0.25) is 5.02 Å². The fourth-order valence-electron chi connectivity index (χ4n) is 2.72. The molecule has 0 unspecified atom stereocenters. The lowest BCUT2D eigenvalue weighted by Crippen LogP contribution is -2.61. The Kier molecular flexibility index (Phi) is 5.46. The van der Waals surface area contributed by atoms with Crippen LogP contribution < -0.4 is 5.32 Å². The second kappa shape index (κ2) is 7.50. The quantitative estimate of drug-likeness (QED) is 0.586. The molecule has 3 rings (SSSR count). The smallest absolute Gasteiger partial charge is 0.293 e. The van der Waals surface area contributed by atoms with Gasteiger partial charge < -0.3 is 10.1 Å².